The summed E-state index contributed by atoms with van der Waals surface area (Å²) < 4.78 is 10.1. The van der Waals surface area contributed by atoms with Gasteiger partial charge < -0.3 is 0 Å². The standard InChI is InChI=1S/C29H22N3P/c1-33(29-14-5-7-18-31-29)23-10-8-9-21(19-23)22-15-16-25-24-11-2-3-12-26(24)32(27(25)20-22)28-13-4-6-17-30-28/h2-20H,1H3/i18D. The van der Waals surface area contributed by atoms with Crippen molar-refractivity contribution in [3.63, 3.8) is 0 Å². The van der Waals surface area contributed by atoms with Crippen LogP contribution in [-0.4, -0.2) is 21.2 Å². The Labute approximate surface area is 195 Å². The normalized spacial score (nSPS) is 12.7. The quantitative estimate of drug-likeness (QED) is 0.299. The Balaban J connectivity index is 1.50. The second-order valence-corrected chi connectivity index (χ2v) is 10.1. The number of aromatic nitrogens is 3. The fourth-order valence-corrected chi connectivity index (χ4v) is 5.84. The van der Waals surface area contributed by atoms with E-state index >= 15 is 0 Å². The van der Waals surface area contributed by atoms with Crippen molar-refractivity contribution in [3.8, 4) is 16.9 Å². The fraction of sp³-hybridized carbons (Fsp3) is 0.0345. The number of hydrogen-bond donors (Lipinski definition) is 0. The molecule has 1 unspecified atom stereocenters. The van der Waals surface area contributed by atoms with Gasteiger partial charge in [0.1, 0.15) is 5.82 Å². The highest BCUT2D eigenvalue weighted by Crippen LogP contribution is 2.35. The Bertz CT molecular complexity index is 1640. The van der Waals surface area contributed by atoms with E-state index < -0.39 is 7.92 Å². The maximum Gasteiger partial charge on any atom is 0.137 e. The average Bonchev–Trinajstić information content (AvgIpc) is 3.22. The van der Waals surface area contributed by atoms with E-state index in [0.29, 0.717) is 6.17 Å². The molecule has 3 aromatic carbocycles. The smallest absolute Gasteiger partial charge is 0.137 e. The molecule has 0 saturated heterocycles. The van der Waals surface area contributed by atoms with E-state index in [1.807, 2.05) is 30.5 Å². The summed E-state index contributed by atoms with van der Waals surface area (Å²) in [5.74, 6) is 0.915. The fourth-order valence-electron chi connectivity index (χ4n) is 4.41. The van der Waals surface area contributed by atoms with Gasteiger partial charge in [-0.25, -0.2) is 4.98 Å². The highest BCUT2D eigenvalue weighted by atomic mass is 31.1. The van der Waals surface area contributed by atoms with Crippen LogP contribution in [0.5, 0.6) is 0 Å². The zero-order valence-electron chi connectivity index (χ0n) is 19.2. The SMILES string of the molecule is [2H]c1cccc(P(C)c2cccc(-c3ccc4c5ccccc5n(-c5ccccn5)c4c3)c2)n1. The first kappa shape index (κ1) is 18.7. The Morgan fingerprint density at radius 1 is 0.697 bits per heavy atom. The predicted octanol–water partition coefficient (Wildman–Crippen LogP) is 6.30. The van der Waals surface area contributed by atoms with Crippen LogP contribution in [0.1, 0.15) is 1.37 Å². The maximum atomic E-state index is 7.87. The highest BCUT2D eigenvalue weighted by molar-refractivity contribution is 7.72. The third-order valence-electron chi connectivity index (χ3n) is 6.06. The van der Waals surface area contributed by atoms with Gasteiger partial charge in [0.2, 0.25) is 0 Å². The summed E-state index contributed by atoms with van der Waals surface area (Å²) in [6, 6.07) is 35.6. The summed E-state index contributed by atoms with van der Waals surface area (Å²) in [6.07, 6.45) is 2.16. The van der Waals surface area contributed by atoms with Gasteiger partial charge in [-0.1, -0.05) is 60.7 Å². The molecule has 158 valence electrons. The summed E-state index contributed by atoms with van der Waals surface area (Å²) in [6.45, 7) is 2.21. The van der Waals surface area contributed by atoms with Crippen molar-refractivity contribution in [1.29, 1.82) is 0 Å². The molecule has 0 amide bonds. The third-order valence-corrected chi connectivity index (χ3v) is 8.05. The second-order valence-electron chi connectivity index (χ2n) is 8.01. The minimum atomic E-state index is -0.633. The van der Waals surface area contributed by atoms with Gasteiger partial charge in [0.25, 0.3) is 0 Å². The van der Waals surface area contributed by atoms with Crippen LogP contribution in [0.2, 0.25) is 0 Å². The van der Waals surface area contributed by atoms with Crippen LogP contribution in [0.4, 0.5) is 0 Å². The number of hydrogen-bond acceptors (Lipinski definition) is 2. The van der Waals surface area contributed by atoms with E-state index in [4.69, 9.17) is 1.37 Å². The molecule has 3 heterocycles. The Hall–Kier alpha value is -3.81. The monoisotopic (exact) mass is 444 g/mol. The Morgan fingerprint density at radius 2 is 1.52 bits per heavy atom. The second kappa shape index (κ2) is 8.27. The number of nitrogens with zero attached hydrogens (tertiary/aromatic N) is 3. The molecule has 6 aromatic rings. The molecule has 1 atom stereocenters. The van der Waals surface area contributed by atoms with E-state index in [9.17, 15) is 0 Å². The molecule has 0 aliphatic carbocycles. The minimum absolute atomic E-state index is 0.316. The molecule has 6 rings (SSSR count). The van der Waals surface area contributed by atoms with Crippen molar-refractivity contribution in [1.82, 2.24) is 14.5 Å². The zero-order valence-corrected chi connectivity index (χ0v) is 19.1. The van der Waals surface area contributed by atoms with Gasteiger partial charge in [-0.3, -0.25) is 9.55 Å². The molecule has 0 fully saturated rings. The molecule has 0 aliphatic rings. The minimum Gasteiger partial charge on any atom is -0.294 e. The summed E-state index contributed by atoms with van der Waals surface area (Å²) in [5.41, 5.74) is 5.62. The van der Waals surface area contributed by atoms with Crippen LogP contribution in [0.25, 0.3) is 38.8 Å². The van der Waals surface area contributed by atoms with Crippen molar-refractivity contribution in [2.45, 2.75) is 0 Å². The number of benzene rings is 3. The molecular weight excluding hydrogens is 421 g/mol. The first-order chi connectivity index (χ1) is 16.7. The largest absolute Gasteiger partial charge is 0.294 e. The van der Waals surface area contributed by atoms with E-state index in [0.717, 1.165) is 22.3 Å². The zero-order chi connectivity index (χ0) is 23.1. The van der Waals surface area contributed by atoms with Crippen LogP contribution in [-0.2, 0) is 0 Å². The first-order valence-electron chi connectivity index (χ1n) is 11.4. The first-order valence-corrected chi connectivity index (χ1v) is 12.7. The number of pyridine rings is 2. The lowest BCUT2D eigenvalue weighted by atomic mass is 10.0. The van der Waals surface area contributed by atoms with Crippen molar-refractivity contribution >= 4 is 40.5 Å². The van der Waals surface area contributed by atoms with E-state index in [2.05, 4.69) is 94.0 Å². The lowest BCUT2D eigenvalue weighted by Crippen LogP contribution is -2.13. The maximum absolute atomic E-state index is 7.87. The van der Waals surface area contributed by atoms with Gasteiger partial charge in [0.15, 0.2) is 0 Å². The summed E-state index contributed by atoms with van der Waals surface area (Å²) in [5, 5.41) is 3.69. The number of rotatable bonds is 4. The van der Waals surface area contributed by atoms with E-state index in [1.54, 1.807) is 6.07 Å². The molecule has 0 spiro atoms. The van der Waals surface area contributed by atoms with Gasteiger partial charge in [0, 0.05) is 23.1 Å². The summed E-state index contributed by atoms with van der Waals surface area (Å²) in [7, 11) is -0.633. The highest BCUT2D eigenvalue weighted by Gasteiger charge is 2.14. The summed E-state index contributed by atoms with van der Waals surface area (Å²) >= 11 is 0. The van der Waals surface area contributed by atoms with Gasteiger partial charge >= 0.3 is 0 Å². The van der Waals surface area contributed by atoms with Gasteiger partial charge in [-0.15, -0.1) is 0 Å². The third kappa shape index (κ3) is 3.51. The molecule has 0 saturated carbocycles. The lowest BCUT2D eigenvalue weighted by molar-refractivity contribution is 1.08. The topological polar surface area (TPSA) is 30.7 Å². The molecule has 33 heavy (non-hydrogen) atoms. The Kier molecular flexibility index (Phi) is 4.70. The molecule has 0 aliphatic heterocycles. The van der Waals surface area contributed by atoms with Crippen molar-refractivity contribution in [2.75, 3.05) is 6.66 Å². The molecular formula is C29H22N3P. The van der Waals surface area contributed by atoms with E-state index in [-0.39, 0.29) is 0 Å². The lowest BCUT2D eigenvalue weighted by Gasteiger charge is -2.13. The molecule has 0 radical (unpaired) electrons. The van der Waals surface area contributed by atoms with Crippen LogP contribution in [0.15, 0.2) is 115 Å². The van der Waals surface area contributed by atoms with Crippen molar-refractivity contribution < 1.29 is 1.37 Å². The van der Waals surface area contributed by atoms with Gasteiger partial charge in [-0.2, -0.15) is 0 Å². The van der Waals surface area contributed by atoms with Gasteiger partial charge in [-0.05, 0) is 73.5 Å². The predicted molar refractivity (Wildman–Crippen MR) is 140 cm³/mol. The van der Waals surface area contributed by atoms with Crippen LogP contribution >= 0.6 is 7.92 Å². The molecule has 0 N–H and O–H groups in total. The molecule has 3 aromatic heterocycles. The molecule has 4 heteroatoms. The number of para-hydroxylation sites is 1. The van der Waals surface area contributed by atoms with Crippen LogP contribution < -0.4 is 10.7 Å². The summed E-state index contributed by atoms with van der Waals surface area (Å²) in [4.78, 5) is 9.09. The number of fused-ring (bicyclic) bond motifs is 3. The Morgan fingerprint density at radius 3 is 2.39 bits per heavy atom. The van der Waals surface area contributed by atoms with Crippen molar-refractivity contribution in [3.05, 3.63) is 115 Å². The molecule has 3 nitrogen and oxygen atoms in total. The molecule has 0 bridgehead atoms. The van der Waals surface area contributed by atoms with Gasteiger partial charge in [0.05, 0.1) is 17.8 Å². The van der Waals surface area contributed by atoms with Crippen molar-refractivity contribution in [2.24, 2.45) is 0 Å². The van der Waals surface area contributed by atoms with Crippen LogP contribution in [0.3, 0.4) is 0 Å². The average molecular weight is 444 g/mol. The van der Waals surface area contributed by atoms with Crippen LogP contribution in [0, 0.1) is 0 Å². The van der Waals surface area contributed by atoms with E-state index in [1.165, 1.54) is 27.2 Å².